The number of hydrogen-bond acceptors (Lipinski definition) is 4. The smallest absolute Gasteiger partial charge is 0.407 e. The number of nitrogens with zero attached hydrogens (tertiary/aromatic N) is 1. The van der Waals surface area contributed by atoms with Crippen molar-refractivity contribution in [2.45, 2.75) is 39.3 Å². The van der Waals surface area contributed by atoms with Gasteiger partial charge in [0, 0.05) is 26.7 Å². The molecule has 1 amide bonds. The molecular formula is C15H27IN4O2S. The lowest BCUT2D eigenvalue weighted by Crippen LogP contribution is -2.38. The van der Waals surface area contributed by atoms with E-state index in [1.165, 1.54) is 5.56 Å². The number of alkyl carbamates (subject to hydrolysis) is 1. The molecule has 0 aromatic carbocycles. The van der Waals surface area contributed by atoms with Gasteiger partial charge in [0.25, 0.3) is 0 Å². The number of guanidine groups is 1. The van der Waals surface area contributed by atoms with Gasteiger partial charge in [0.05, 0.1) is 0 Å². The van der Waals surface area contributed by atoms with Crippen molar-refractivity contribution in [1.82, 2.24) is 16.0 Å². The van der Waals surface area contributed by atoms with Gasteiger partial charge in [0.2, 0.25) is 0 Å². The third-order valence-corrected chi connectivity index (χ3v) is 3.31. The van der Waals surface area contributed by atoms with Crippen molar-refractivity contribution in [1.29, 1.82) is 0 Å². The minimum absolute atomic E-state index is 0. The molecule has 1 aromatic heterocycles. The van der Waals surface area contributed by atoms with E-state index in [2.05, 4.69) is 37.8 Å². The number of hydrogen-bond donors (Lipinski definition) is 3. The molecule has 0 saturated carbocycles. The number of aliphatic imine (C=N–C) groups is 1. The summed E-state index contributed by atoms with van der Waals surface area (Å²) in [5.74, 6) is 0.753. The first-order chi connectivity index (χ1) is 10.4. The third kappa shape index (κ3) is 11.2. The summed E-state index contributed by atoms with van der Waals surface area (Å²) in [5.41, 5.74) is 0.773. The van der Waals surface area contributed by atoms with E-state index >= 15 is 0 Å². The monoisotopic (exact) mass is 454 g/mol. The molecule has 0 saturated heterocycles. The zero-order chi connectivity index (χ0) is 16.4. The van der Waals surface area contributed by atoms with E-state index < -0.39 is 5.60 Å². The van der Waals surface area contributed by atoms with Crippen molar-refractivity contribution in [3.63, 3.8) is 0 Å². The highest BCUT2D eigenvalue weighted by Gasteiger charge is 2.15. The topological polar surface area (TPSA) is 74.8 Å². The second kappa shape index (κ2) is 11.5. The lowest BCUT2D eigenvalue weighted by molar-refractivity contribution is 0.0527. The average Bonchev–Trinajstić information content (AvgIpc) is 2.93. The minimum Gasteiger partial charge on any atom is -0.444 e. The Morgan fingerprint density at radius 2 is 1.96 bits per heavy atom. The van der Waals surface area contributed by atoms with Gasteiger partial charge in [-0.25, -0.2) is 4.79 Å². The Bertz CT molecular complexity index is 472. The molecule has 8 heteroatoms. The molecule has 0 fully saturated rings. The van der Waals surface area contributed by atoms with Crippen LogP contribution in [0.5, 0.6) is 0 Å². The van der Waals surface area contributed by atoms with Gasteiger partial charge in [0.15, 0.2) is 5.96 Å². The number of nitrogens with one attached hydrogen (secondary N) is 3. The molecule has 23 heavy (non-hydrogen) atoms. The number of carbonyl (C=O) groups is 1. The van der Waals surface area contributed by atoms with Crippen LogP contribution in [0.25, 0.3) is 0 Å². The Kier molecular flexibility index (Phi) is 11.0. The van der Waals surface area contributed by atoms with Gasteiger partial charge < -0.3 is 20.7 Å². The minimum atomic E-state index is -0.462. The molecule has 0 aliphatic rings. The normalized spacial score (nSPS) is 11.4. The Morgan fingerprint density at radius 3 is 2.52 bits per heavy atom. The van der Waals surface area contributed by atoms with Gasteiger partial charge in [0.1, 0.15) is 5.60 Å². The maximum atomic E-state index is 11.5. The van der Waals surface area contributed by atoms with E-state index in [0.29, 0.717) is 6.54 Å². The van der Waals surface area contributed by atoms with Gasteiger partial charge >= 0.3 is 6.09 Å². The van der Waals surface area contributed by atoms with Crippen molar-refractivity contribution >= 4 is 47.4 Å². The second-order valence-corrected chi connectivity index (χ2v) is 6.55. The number of amides is 1. The SMILES string of the molecule is CN=C(NCCCNC(=O)OC(C)(C)C)NCc1ccsc1.I. The summed E-state index contributed by atoms with van der Waals surface area (Å²) >= 11 is 1.68. The van der Waals surface area contributed by atoms with E-state index in [4.69, 9.17) is 4.74 Å². The summed E-state index contributed by atoms with van der Waals surface area (Å²) in [7, 11) is 1.74. The molecule has 0 aliphatic heterocycles. The molecule has 132 valence electrons. The molecule has 0 bridgehead atoms. The van der Waals surface area contributed by atoms with Gasteiger partial charge in [-0.1, -0.05) is 0 Å². The number of thiophene rings is 1. The van der Waals surface area contributed by atoms with E-state index in [1.54, 1.807) is 18.4 Å². The van der Waals surface area contributed by atoms with E-state index in [1.807, 2.05) is 20.8 Å². The van der Waals surface area contributed by atoms with Crippen LogP contribution in [0.1, 0.15) is 32.8 Å². The zero-order valence-electron chi connectivity index (χ0n) is 14.1. The summed E-state index contributed by atoms with van der Waals surface area (Å²) in [6, 6.07) is 2.08. The van der Waals surface area contributed by atoms with E-state index in [-0.39, 0.29) is 30.1 Å². The van der Waals surface area contributed by atoms with E-state index in [9.17, 15) is 4.79 Å². The number of carbonyl (C=O) groups excluding carboxylic acids is 1. The fourth-order valence-corrected chi connectivity index (χ4v) is 2.27. The molecule has 0 spiro atoms. The largest absolute Gasteiger partial charge is 0.444 e. The van der Waals surface area contributed by atoms with Crippen LogP contribution in [0.2, 0.25) is 0 Å². The maximum absolute atomic E-state index is 11.5. The van der Waals surface area contributed by atoms with Crippen molar-refractivity contribution < 1.29 is 9.53 Å². The fraction of sp³-hybridized carbons (Fsp3) is 0.600. The Labute approximate surface area is 159 Å². The molecular weight excluding hydrogens is 427 g/mol. The predicted molar refractivity (Wildman–Crippen MR) is 107 cm³/mol. The Hall–Kier alpha value is -1.03. The highest BCUT2D eigenvalue weighted by atomic mass is 127. The van der Waals surface area contributed by atoms with Crippen LogP contribution < -0.4 is 16.0 Å². The van der Waals surface area contributed by atoms with Crippen molar-refractivity contribution in [3.05, 3.63) is 22.4 Å². The molecule has 1 heterocycles. The third-order valence-electron chi connectivity index (χ3n) is 2.58. The predicted octanol–water partition coefficient (Wildman–Crippen LogP) is 2.95. The van der Waals surface area contributed by atoms with Crippen LogP contribution >= 0.6 is 35.3 Å². The van der Waals surface area contributed by atoms with Gasteiger partial charge in [-0.2, -0.15) is 11.3 Å². The first kappa shape index (κ1) is 22.0. The number of halogens is 1. The molecule has 6 nitrogen and oxygen atoms in total. The number of rotatable bonds is 6. The van der Waals surface area contributed by atoms with Gasteiger partial charge in [-0.3, -0.25) is 4.99 Å². The highest BCUT2D eigenvalue weighted by Crippen LogP contribution is 2.06. The van der Waals surface area contributed by atoms with Crippen LogP contribution in [-0.4, -0.2) is 37.8 Å². The molecule has 1 aromatic rings. The van der Waals surface area contributed by atoms with E-state index in [0.717, 1.165) is 25.5 Å². The van der Waals surface area contributed by atoms with Crippen molar-refractivity contribution in [2.75, 3.05) is 20.1 Å². The molecule has 0 unspecified atom stereocenters. The van der Waals surface area contributed by atoms with Crippen LogP contribution in [0.15, 0.2) is 21.8 Å². The fourth-order valence-electron chi connectivity index (χ4n) is 1.60. The average molecular weight is 454 g/mol. The Balaban J connectivity index is 0.00000484. The van der Waals surface area contributed by atoms with Crippen LogP contribution in [0, 0.1) is 0 Å². The zero-order valence-corrected chi connectivity index (χ0v) is 17.3. The van der Waals surface area contributed by atoms with Crippen LogP contribution in [-0.2, 0) is 11.3 Å². The molecule has 3 N–H and O–H groups in total. The lowest BCUT2D eigenvalue weighted by Gasteiger charge is -2.19. The quantitative estimate of drug-likeness (QED) is 0.268. The summed E-state index contributed by atoms with van der Waals surface area (Å²) < 4.78 is 5.16. The van der Waals surface area contributed by atoms with Crippen molar-refractivity contribution in [3.8, 4) is 0 Å². The van der Waals surface area contributed by atoms with Crippen molar-refractivity contribution in [2.24, 2.45) is 4.99 Å². The summed E-state index contributed by atoms with van der Waals surface area (Å²) in [5, 5.41) is 13.3. The molecule has 0 atom stereocenters. The van der Waals surface area contributed by atoms with Crippen LogP contribution in [0.4, 0.5) is 4.79 Å². The molecule has 0 aliphatic carbocycles. The summed E-state index contributed by atoms with van der Waals surface area (Å²) in [6.07, 6.45) is 0.408. The van der Waals surface area contributed by atoms with Gasteiger partial charge in [-0.05, 0) is 49.6 Å². The summed E-state index contributed by atoms with van der Waals surface area (Å²) in [4.78, 5) is 15.6. The molecule has 1 rings (SSSR count). The standard InChI is InChI=1S/C15H26N4O2S.HI/c1-15(2,3)21-14(20)18-8-5-7-17-13(16-4)19-10-12-6-9-22-11-12;/h6,9,11H,5,7-8,10H2,1-4H3,(H,18,20)(H2,16,17,19);1H. The van der Waals surface area contributed by atoms with Gasteiger partial charge in [-0.15, -0.1) is 24.0 Å². The maximum Gasteiger partial charge on any atom is 0.407 e. The first-order valence-electron chi connectivity index (χ1n) is 7.33. The second-order valence-electron chi connectivity index (χ2n) is 5.77. The number of ether oxygens (including phenoxy) is 1. The first-order valence-corrected chi connectivity index (χ1v) is 8.27. The summed E-state index contributed by atoms with van der Waals surface area (Å²) in [6.45, 7) is 7.56. The molecule has 0 radical (unpaired) electrons. The highest BCUT2D eigenvalue weighted by molar-refractivity contribution is 14.0. The van der Waals surface area contributed by atoms with Crippen LogP contribution in [0.3, 0.4) is 0 Å². The Morgan fingerprint density at radius 1 is 1.26 bits per heavy atom. The lowest BCUT2D eigenvalue weighted by atomic mass is 10.2.